The Morgan fingerprint density at radius 1 is 0.763 bits per heavy atom. The molecule has 2 fully saturated rings. The molecule has 0 saturated carbocycles. The van der Waals surface area contributed by atoms with E-state index in [1.54, 1.807) is 9.80 Å². The monoisotopic (exact) mass is 505 g/mol. The van der Waals surface area contributed by atoms with Crippen molar-refractivity contribution >= 4 is 34.3 Å². The molecule has 4 amide bonds. The summed E-state index contributed by atoms with van der Waals surface area (Å²) < 4.78 is 0. The predicted molar refractivity (Wildman–Crippen MR) is 149 cm³/mol. The van der Waals surface area contributed by atoms with E-state index in [9.17, 15) is 9.59 Å². The van der Waals surface area contributed by atoms with Crippen molar-refractivity contribution in [2.75, 3.05) is 25.0 Å². The quantitative estimate of drug-likeness (QED) is 0.347. The number of fused-ring (bicyclic) bond motifs is 3. The number of nitrogens with zero attached hydrogens (tertiary/aromatic N) is 5. The van der Waals surface area contributed by atoms with Gasteiger partial charge in [-0.3, -0.25) is 9.88 Å². The number of para-hydroxylation sites is 3. The van der Waals surface area contributed by atoms with Crippen LogP contribution in [0.4, 0.5) is 21.0 Å². The molecule has 7 nitrogen and oxygen atoms in total. The number of urea groups is 2. The van der Waals surface area contributed by atoms with Crippen LogP contribution in [-0.4, -0.2) is 64.0 Å². The molecule has 2 aliphatic heterocycles. The molecule has 3 heterocycles. The summed E-state index contributed by atoms with van der Waals surface area (Å²) in [6.07, 6.45) is 1.80. The normalized spacial score (nSPS) is 18.4. The highest BCUT2D eigenvalue weighted by molar-refractivity contribution is 5.99. The summed E-state index contributed by atoms with van der Waals surface area (Å²) in [5.74, 6) is 0. The highest BCUT2D eigenvalue weighted by atomic mass is 16.2. The minimum Gasteiger partial charge on any atom is -0.322 e. The number of anilines is 2. The van der Waals surface area contributed by atoms with E-state index >= 15 is 0 Å². The highest BCUT2D eigenvalue weighted by Gasteiger charge is 2.45. The third-order valence-corrected chi connectivity index (χ3v) is 7.58. The van der Waals surface area contributed by atoms with Crippen LogP contribution >= 0.6 is 0 Å². The lowest BCUT2D eigenvalue weighted by Gasteiger charge is -2.43. The van der Waals surface area contributed by atoms with Gasteiger partial charge in [0.1, 0.15) is 0 Å². The molecule has 4 aromatic rings. The summed E-state index contributed by atoms with van der Waals surface area (Å²) >= 11 is 0. The summed E-state index contributed by atoms with van der Waals surface area (Å²) in [4.78, 5) is 39.7. The van der Waals surface area contributed by atoms with Gasteiger partial charge in [0, 0.05) is 25.5 Å². The molecule has 192 valence electrons. The van der Waals surface area contributed by atoms with Crippen molar-refractivity contribution in [2.45, 2.75) is 31.5 Å². The average Bonchev–Trinajstić information content (AvgIpc) is 3.22. The molecule has 6 rings (SSSR count). The maximum atomic E-state index is 13.9. The number of hydrogen-bond donors (Lipinski definition) is 0. The zero-order chi connectivity index (χ0) is 26.1. The van der Waals surface area contributed by atoms with E-state index < -0.39 is 0 Å². The Morgan fingerprint density at radius 2 is 1.34 bits per heavy atom. The lowest BCUT2D eigenvalue weighted by atomic mass is 10.2. The van der Waals surface area contributed by atoms with Gasteiger partial charge in [0.15, 0.2) is 0 Å². The lowest BCUT2D eigenvalue weighted by Crippen LogP contribution is -2.60. The summed E-state index contributed by atoms with van der Waals surface area (Å²) in [6.45, 7) is 1.50. The molecule has 2 atom stereocenters. The topological polar surface area (TPSA) is 60.0 Å². The van der Waals surface area contributed by atoms with Gasteiger partial charge in [0.25, 0.3) is 0 Å². The molecule has 7 heteroatoms. The smallest absolute Gasteiger partial charge is 0.322 e. The van der Waals surface area contributed by atoms with E-state index in [1.165, 1.54) is 0 Å². The van der Waals surface area contributed by atoms with Crippen molar-refractivity contribution in [3.05, 3.63) is 103 Å². The molecular formula is C31H31N5O2. The van der Waals surface area contributed by atoms with Gasteiger partial charge in [-0.05, 0) is 49.2 Å². The first-order chi connectivity index (χ1) is 18.6. The summed E-state index contributed by atoms with van der Waals surface area (Å²) in [5.41, 5.74) is 3.45. The molecule has 2 bridgehead atoms. The zero-order valence-corrected chi connectivity index (χ0v) is 21.5. The number of rotatable bonds is 4. The Kier molecular flexibility index (Phi) is 6.42. The summed E-state index contributed by atoms with van der Waals surface area (Å²) in [7, 11) is 1.84. The Hall–Kier alpha value is -4.39. The Labute approximate surface area is 222 Å². The molecule has 2 saturated heterocycles. The maximum Gasteiger partial charge on any atom is 0.329 e. The fourth-order valence-electron chi connectivity index (χ4n) is 5.74. The van der Waals surface area contributed by atoms with Crippen molar-refractivity contribution in [2.24, 2.45) is 0 Å². The number of aromatic nitrogens is 1. The SMILES string of the molecule is CN(Cc1ccc2ccccc2n1)C(=O)N1[C@@H]2CC[C@H]1CN(C(=O)N(c1ccccc1)c1ccccc1)C2. The van der Waals surface area contributed by atoms with Gasteiger partial charge in [0.05, 0.1) is 41.2 Å². The van der Waals surface area contributed by atoms with Gasteiger partial charge < -0.3 is 14.7 Å². The van der Waals surface area contributed by atoms with Crippen molar-refractivity contribution < 1.29 is 9.59 Å². The van der Waals surface area contributed by atoms with Crippen molar-refractivity contribution in [3.63, 3.8) is 0 Å². The minimum atomic E-state index is -0.0554. The van der Waals surface area contributed by atoms with E-state index in [-0.39, 0.29) is 24.1 Å². The van der Waals surface area contributed by atoms with Crippen LogP contribution in [0.3, 0.4) is 0 Å². The van der Waals surface area contributed by atoms with E-state index in [0.717, 1.165) is 40.8 Å². The molecule has 2 aliphatic rings. The first-order valence-electron chi connectivity index (χ1n) is 13.2. The minimum absolute atomic E-state index is 0.00234. The van der Waals surface area contributed by atoms with Gasteiger partial charge in [-0.2, -0.15) is 0 Å². The predicted octanol–water partition coefficient (Wildman–Crippen LogP) is 5.89. The van der Waals surface area contributed by atoms with Gasteiger partial charge in [-0.1, -0.05) is 60.7 Å². The van der Waals surface area contributed by atoms with Crippen LogP contribution in [0, 0.1) is 0 Å². The van der Waals surface area contributed by atoms with Crippen LogP contribution < -0.4 is 4.90 Å². The molecule has 0 unspecified atom stereocenters. The van der Waals surface area contributed by atoms with Crippen LogP contribution in [0.25, 0.3) is 10.9 Å². The van der Waals surface area contributed by atoms with Gasteiger partial charge in [-0.15, -0.1) is 0 Å². The number of carbonyl (C=O) groups is 2. The van der Waals surface area contributed by atoms with Crippen molar-refractivity contribution in [3.8, 4) is 0 Å². The highest BCUT2D eigenvalue weighted by Crippen LogP contribution is 2.34. The van der Waals surface area contributed by atoms with Crippen LogP contribution in [0.1, 0.15) is 18.5 Å². The molecule has 0 N–H and O–H groups in total. The summed E-state index contributed by atoms with van der Waals surface area (Å²) in [5, 5.41) is 1.09. The molecule has 0 radical (unpaired) electrons. The fraction of sp³-hybridized carbons (Fsp3) is 0.258. The standard InChI is InChI=1S/C31H31N5O2/c1-33(20-24-17-16-23-10-8-9-15-29(23)32-24)30(37)36-27-18-19-28(36)22-34(21-27)31(38)35(25-11-4-2-5-12-25)26-13-6-3-7-14-26/h2-17,27-28H,18-22H2,1H3/t27-,28+. The van der Waals surface area contributed by atoms with Gasteiger partial charge >= 0.3 is 12.1 Å². The van der Waals surface area contributed by atoms with E-state index in [1.807, 2.05) is 108 Å². The third-order valence-electron chi connectivity index (χ3n) is 7.58. The van der Waals surface area contributed by atoms with Gasteiger partial charge in [0.2, 0.25) is 0 Å². The molecule has 3 aromatic carbocycles. The molecule has 1 aromatic heterocycles. The second-order valence-electron chi connectivity index (χ2n) is 10.1. The number of likely N-dealkylation sites (tertiary alicyclic amines) is 1. The van der Waals surface area contributed by atoms with Crippen LogP contribution in [-0.2, 0) is 6.54 Å². The number of carbonyl (C=O) groups excluding carboxylic acids is 2. The average molecular weight is 506 g/mol. The number of amides is 4. The number of benzene rings is 3. The first-order valence-corrected chi connectivity index (χ1v) is 13.2. The molecular weight excluding hydrogens is 474 g/mol. The summed E-state index contributed by atoms with van der Waals surface area (Å²) in [6, 6.07) is 31.5. The fourth-order valence-corrected chi connectivity index (χ4v) is 5.74. The molecule has 0 spiro atoms. The number of pyridine rings is 1. The van der Waals surface area contributed by atoms with Crippen molar-refractivity contribution in [1.29, 1.82) is 0 Å². The van der Waals surface area contributed by atoms with E-state index in [0.29, 0.717) is 19.6 Å². The third kappa shape index (κ3) is 4.56. The Morgan fingerprint density at radius 3 is 1.97 bits per heavy atom. The maximum absolute atomic E-state index is 13.9. The molecule has 38 heavy (non-hydrogen) atoms. The number of hydrogen-bond acceptors (Lipinski definition) is 3. The van der Waals surface area contributed by atoms with E-state index in [4.69, 9.17) is 4.98 Å². The Balaban J connectivity index is 1.17. The number of piperazine rings is 1. The molecule has 0 aliphatic carbocycles. The Bertz CT molecular complexity index is 1390. The van der Waals surface area contributed by atoms with Crippen molar-refractivity contribution in [1.82, 2.24) is 19.7 Å². The second-order valence-corrected chi connectivity index (χ2v) is 10.1. The zero-order valence-electron chi connectivity index (χ0n) is 21.5. The second kappa shape index (κ2) is 10.2. The van der Waals surface area contributed by atoms with E-state index in [2.05, 4.69) is 6.07 Å². The van der Waals surface area contributed by atoms with Crippen LogP contribution in [0.2, 0.25) is 0 Å². The van der Waals surface area contributed by atoms with Crippen LogP contribution in [0.15, 0.2) is 97.1 Å². The van der Waals surface area contributed by atoms with Crippen LogP contribution in [0.5, 0.6) is 0 Å². The first kappa shape index (κ1) is 24.0. The lowest BCUT2D eigenvalue weighted by molar-refractivity contribution is 0.0853. The van der Waals surface area contributed by atoms with Gasteiger partial charge in [-0.25, -0.2) is 9.59 Å². The largest absolute Gasteiger partial charge is 0.329 e.